The zero-order chi connectivity index (χ0) is 14.3. The van der Waals surface area contributed by atoms with Gasteiger partial charge in [-0.3, -0.25) is 4.99 Å². The second-order valence-corrected chi connectivity index (χ2v) is 5.35. The summed E-state index contributed by atoms with van der Waals surface area (Å²) in [6.07, 6.45) is 0. The summed E-state index contributed by atoms with van der Waals surface area (Å²) in [7, 11) is 0. The highest BCUT2D eigenvalue weighted by Crippen LogP contribution is 2.24. The molecule has 7 heteroatoms. The van der Waals surface area contributed by atoms with E-state index < -0.39 is 17.6 Å². The van der Waals surface area contributed by atoms with Crippen molar-refractivity contribution in [1.82, 2.24) is 0 Å². The van der Waals surface area contributed by atoms with Crippen molar-refractivity contribution >= 4 is 39.4 Å². The second kappa shape index (κ2) is 4.68. The normalized spacial score (nSPS) is 18.2. The third-order valence-electron chi connectivity index (χ3n) is 2.93. The fourth-order valence-electron chi connectivity index (χ4n) is 1.92. The first kappa shape index (κ1) is 12.7. The van der Waals surface area contributed by atoms with Crippen molar-refractivity contribution in [2.75, 3.05) is 11.5 Å². The van der Waals surface area contributed by atoms with Gasteiger partial charge in [-0.05, 0) is 18.2 Å². The van der Waals surface area contributed by atoms with E-state index in [1.807, 2.05) is 0 Å². The van der Waals surface area contributed by atoms with E-state index in [2.05, 4.69) is 4.99 Å². The standard InChI is InChI=1S/C13H10N2O4S/c14-7-2-1-6-3-8(13(18)19-10(6)4-7)11-15-9(5-20-11)12(16)17/h1-4,9H,5,14H2,(H,16,17)/t9-/m1/s1. The number of anilines is 1. The van der Waals surface area contributed by atoms with E-state index in [-0.39, 0.29) is 5.56 Å². The molecule has 1 aliphatic rings. The summed E-state index contributed by atoms with van der Waals surface area (Å²) >= 11 is 1.24. The Hall–Kier alpha value is -2.28. The zero-order valence-corrected chi connectivity index (χ0v) is 11.0. The number of thioether (sulfide) groups is 1. The Kier molecular flexibility index (Phi) is 2.98. The van der Waals surface area contributed by atoms with Crippen LogP contribution in [0, 0.1) is 0 Å². The van der Waals surface area contributed by atoms with Gasteiger partial charge in [-0.1, -0.05) is 0 Å². The molecule has 3 rings (SSSR count). The second-order valence-electron chi connectivity index (χ2n) is 4.34. The van der Waals surface area contributed by atoms with Gasteiger partial charge < -0.3 is 15.3 Å². The molecule has 0 spiro atoms. The average molecular weight is 290 g/mol. The SMILES string of the molecule is Nc1ccc2cc(C3=N[C@@H](C(=O)O)CS3)c(=O)oc2c1. The number of hydrogen-bond acceptors (Lipinski definition) is 6. The van der Waals surface area contributed by atoms with Gasteiger partial charge in [-0.25, -0.2) is 9.59 Å². The number of rotatable bonds is 2. The zero-order valence-electron chi connectivity index (χ0n) is 10.2. The molecular weight excluding hydrogens is 280 g/mol. The predicted molar refractivity (Wildman–Crippen MR) is 77.3 cm³/mol. The van der Waals surface area contributed by atoms with E-state index in [4.69, 9.17) is 15.3 Å². The fraction of sp³-hybridized carbons (Fsp3) is 0.154. The third-order valence-corrected chi connectivity index (χ3v) is 4.01. The van der Waals surface area contributed by atoms with Crippen LogP contribution in [-0.4, -0.2) is 27.9 Å². The van der Waals surface area contributed by atoms with Crippen LogP contribution in [0.25, 0.3) is 11.0 Å². The lowest BCUT2D eigenvalue weighted by atomic mass is 10.2. The number of fused-ring (bicyclic) bond motifs is 1. The summed E-state index contributed by atoms with van der Waals surface area (Å²) in [4.78, 5) is 26.9. The van der Waals surface area contributed by atoms with Crippen LogP contribution >= 0.6 is 11.8 Å². The van der Waals surface area contributed by atoms with Crippen LogP contribution in [0.2, 0.25) is 0 Å². The summed E-state index contributed by atoms with van der Waals surface area (Å²) in [5.74, 6) is -0.672. The Bertz CT molecular complexity index is 797. The molecule has 2 heterocycles. The number of carbonyl (C=O) groups is 1. The van der Waals surface area contributed by atoms with E-state index in [1.54, 1.807) is 24.3 Å². The molecule has 6 nitrogen and oxygen atoms in total. The minimum Gasteiger partial charge on any atom is -0.480 e. The molecule has 0 amide bonds. The molecule has 0 aliphatic carbocycles. The maximum absolute atomic E-state index is 12.0. The molecule has 0 fully saturated rings. The molecule has 1 atom stereocenters. The van der Waals surface area contributed by atoms with Gasteiger partial charge in [0.05, 0.1) is 5.56 Å². The van der Waals surface area contributed by atoms with E-state index in [0.29, 0.717) is 22.1 Å². The summed E-state index contributed by atoms with van der Waals surface area (Å²) in [5.41, 5.74) is 6.28. The maximum Gasteiger partial charge on any atom is 0.346 e. The largest absolute Gasteiger partial charge is 0.480 e. The monoisotopic (exact) mass is 290 g/mol. The van der Waals surface area contributed by atoms with Crippen molar-refractivity contribution in [3.05, 3.63) is 40.2 Å². The van der Waals surface area contributed by atoms with Crippen LogP contribution in [0.1, 0.15) is 5.56 Å². The number of nitrogens with two attached hydrogens (primary N) is 1. The van der Waals surface area contributed by atoms with Gasteiger partial charge in [0.1, 0.15) is 10.6 Å². The van der Waals surface area contributed by atoms with Crippen LogP contribution < -0.4 is 11.4 Å². The molecule has 0 bridgehead atoms. The number of carboxylic acid groups (broad SMARTS) is 1. The lowest BCUT2D eigenvalue weighted by Gasteiger charge is -2.02. The van der Waals surface area contributed by atoms with Crippen molar-refractivity contribution in [2.45, 2.75) is 6.04 Å². The molecule has 1 aromatic carbocycles. The van der Waals surface area contributed by atoms with Gasteiger partial charge in [-0.15, -0.1) is 11.8 Å². The van der Waals surface area contributed by atoms with Gasteiger partial charge >= 0.3 is 11.6 Å². The minimum atomic E-state index is -0.995. The maximum atomic E-state index is 12.0. The number of hydrogen-bond donors (Lipinski definition) is 2. The lowest BCUT2D eigenvalue weighted by molar-refractivity contribution is -0.137. The first-order chi connectivity index (χ1) is 9.54. The van der Waals surface area contributed by atoms with Crippen molar-refractivity contribution in [1.29, 1.82) is 0 Å². The number of benzene rings is 1. The number of aliphatic imine (C=N–C) groups is 1. The number of nitrogens with zero attached hydrogens (tertiary/aromatic N) is 1. The van der Waals surface area contributed by atoms with Crippen LogP contribution in [0.15, 0.2) is 38.5 Å². The molecule has 0 saturated heterocycles. The predicted octanol–water partition coefficient (Wildman–Crippen LogP) is 1.32. The van der Waals surface area contributed by atoms with E-state index in [1.165, 1.54) is 11.8 Å². The topological polar surface area (TPSA) is 106 Å². The summed E-state index contributed by atoms with van der Waals surface area (Å²) in [6.45, 7) is 0. The highest BCUT2D eigenvalue weighted by molar-refractivity contribution is 8.14. The van der Waals surface area contributed by atoms with E-state index in [0.717, 1.165) is 5.39 Å². The first-order valence-corrected chi connectivity index (χ1v) is 6.80. The summed E-state index contributed by atoms with van der Waals surface area (Å²) < 4.78 is 5.20. The van der Waals surface area contributed by atoms with Crippen LogP contribution in [0.3, 0.4) is 0 Å². The molecule has 3 N–H and O–H groups in total. The van der Waals surface area contributed by atoms with Gasteiger partial charge in [0.2, 0.25) is 0 Å². The van der Waals surface area contributed by atoms with Crippen molar-refractivity contribution in [3.63, 3.8) is 0 Å². The van der Waals surface area contributed by atoms with Gasteiger partial charge in [-0.2, -0.15) is 0 Å². The highest BCUT2D eigenvalue weighted by atomic mass is 32.2. The number of aliphatic carboxylic acids is 1. The molecule has 1 aromatic heterocycles. The van der Waals surface area contributed by atoms with E-state index >= 15 is 0 Å². The summed E-state index contributed by atoms with van der Waals surface area (Å²) in [5, 5.41) is 10.0. The Balaban J connectivity index is 2.11. The van der Waals surface area contributed by atoms with Crippen LogP contribution in [0.5, 0.6) is 0 Å². The Morgan fingerprint density at radius 2 is 2.25 bits per heavy atom. The molecule has 0 radical (unpaired) electrons. The Labute approximate surface area is 117 Å². The molecule has 2 aromatic rings. The lowest BCUT2D eigenvalue weighted by Crippen LogP contribution is -2.17. The van der Waals surface area contributed by atoms with Gasteiger partial charge in [0, 0.05) is 22.9 Å². The molecule has 1 aliphatic heterocycles. The third kappa shape index (κ3) is 2.16. The Morgan fingerprint density at radius 3 is 2.95 bits per heavy atom. The van der Waals surface area contributed by atoms with Crippen LogP contribution in [0.4, 0.5) is 5.69 Å². The average Bonchev–Trinajstić information content (AvgIpc) is 2.87. The molecule has 102 valence electrons. The van der Waals surface area contributed by atoms with Crippen molar-refractivity contribution in [3.8, 4) is 0 Å². The minimum absolute atomic E-state index is 0.288. The summed E-state index contributed by atoms with van der Waals surface area (Å²) in [6, 6.07) is 5.86. The molecule has 20 heavy (non-hydrogen) atoms. The molecule has 0 unspecified atom stereocenters. The van der Waals surface area contributed by atoms with E-state index in [9.17, 15) is 9.59 Å². The van der Waals surface area contributed by atoms with Gasteiger partial charge in [0.25, 0.3) is 0 Å². The quantitative estimate of drug-likeness (QED) is 0.638. The first-order valence-electron chi connectivity index (χ1n) is 5.82. The highest BCUT2D eigenvalue weighted by Gasteiger charge is 2.27. The van der Waals surface area contributed by atoms with Gasteiger partial charge in [0.15, 0.2) is 6.04 Å². The van der Waals surface area contributed by atoms with Crippen molar-refractivity contribution < 1.29 is 14.3 Å². The van der Waals surface area contributed by atoms with Crippen molar-refractivity contribution in [2.24, 2.45) is 4.99 Å². The number of carboxylic acids is 1. The fourth-order valence-corrected chi connectivity index (χ4v) is 2.96. The van der Waals surface area contributed by atoms with Crippen LogP contribution in [-0.2, 0) is 4.79 Å². The molecule has 0 saturated carbocycles. The smallest absolute Gasteiger partial charge is 0.346 e. The Morgan fingerprint density at radius 1 is 1.45 bits per heavy atom. The molecular formula is C13H10N2O4S. The number of nitrogen functional groups attached to an aromatic ring is 1.